The van der Waals surface area contributed by atoms with Crippen LogP contribution in [0.15, 0.2) is 42.9 Å². The molecule has 0 aliphatic heterocycles. The summed E-state index contributed by atoms with van der Waals surface area (Å²) in [4.78, 5) is 20.3. The first kappa shape index (κ1) is 14.0. The molecule has 0 aliphatic rings. The third-order valence-electron chi connectivity index (χ3n) is 2.91. The molecule has 2 rings (SSSR count). The first-order valence-electron chi connectivity index (χ1n) is 6.61. The Morgan fingerprint density at radius 2 is 2.20 bits per heavy atom. The fourth-order valence-electron chi connectivity index (χ4n) is 1.85. The third kappa shape index (κ3) is 3.54. The van der Waals surface area contributed by atoms with Crippen LogP contribution in [0.25, 0.3) is 0 Å². The second-order valence-corrected chi connectivity index (χ2v) is 4.44. The number of nitrogens with one attached hydrogen (secondary N) is 2. The van der Waals surface area contributed by atoms with Crippen LogP contribution in [0.3, 0.4) is 0 Å². The smallest absolute Gasteiger partial charge is 0.270 e. The lowest BCUT2D eigenvalue weighted by Crippen LogP contribution is -2.27. The molecule has 0 fully saturated rings. The molecule has 0 radical (unpaired) electrons. The van der Waals surface area contributed by atoms with E-state index in [9.17, 15) is 4.79 Å². The first-order chi connectivity index (χ1) is 9.70. The quantitative estimate of drug-likeness (QED) is 0.875. The van der Waals surface area contributed by atoms with Gasteiger partial charge in [0.1, 0.15) is 5.69 Å². The van der Waals surface area contributed by atoms with Crippen LogP contribution in [0.5, 0.6) is 0 Å². The van der Waals surface area contributed by atoms with E-state index >= 15 is 0 Å². The standard InChI is InChI=1S/C15H18N4O/c1-3-17-13-6-8-18-14(9-13)15(20)19-11(2)12-5-4-7-16-10-12/h4-11H,3H2,1-2H3,(H,17,18)(H,19,20). The lowest BCUT2D eigenvalue weighted by atomic mass is 10.1. The predicted molar refractivity (Wildman–Crippen MR) is 78.5 cm³/mol. The van der Waals surface area contributed by atoms with Crippen molar-refractivity contribution in [3.63, 3.8) is 0 Å². The fourth-order valence-corrected chi connectivity index (χ4v) is 1.85. The van der Waals surface area contributed by atoms with Crippen LogP contribution in [-0.2, 0) is 0 Å². The highest BCUT2D eigenvalue weighted by atomic mass is 16.1. The Morgan fingerprint density at radius 3 is 2.90 bits per heavy atom. The topological polar surface area (TPSA) is 66.9 Å². The molecule has 1 atom stereocenters. The number of anilines is 1. The second-order valence-electron chi connectivity index (χ2n) is 4.44. The average Bonchev–Trinajstić information content (AvgIpc) is 2.48. The van der Waals surface area contributed by atoms with E-state index in [1.807, 2.05) is 32.0 Å². The van der Waals surface area contributed by atoms with Crippen LogP contribution in [-0.4, -0.2) is 22.4 Å². The molecule has 0 saturated heterocycles. The molecule has 1 amide bonds. The fraction of sp³-hybridized carbons (Fsp3) is 0.267. The van der Waals surface area contributed by atoms with Gasteiger partial charge in [-0.1, -0.05) is 6.07 Å². The normalized spacial score (nSPS) is 11.7. The van der Waals surface area contributed by atoms with E-state index in [0.717, 1.165) is 17.8 Å². The van der Waals surface area contributed by atoms with E-state index < -0.39 is 0 Å². The number of carbonyl (C=O) groups excluding carboxylic acids is 1. The zero-order valence-corrected chi connectivity index (χ0v) is 11.6. The lowest BCUT2D eigenvalue weighted by Gasteiger charge is -2.13. The Kier molecular flexibility index (Phi) is 4.65. The van der Waals surface area contributed by atoms with Crippen molar-refractivity contribution in [3.05, 3.63) is 54.1 Å². The maximum Gasteiger partial charge on any atom is 0.270 e. The predicted octanol–water partition coefficient (Wildman–Crippen LogP) is 2.40. The summed E-state index contributed by atoms with van der Waals surface area (Å²) in [5.41, 5.74) is 2.25. The Balaban J connectivity index is 2.06. The SMILES string of the molecule is CCNc1ccnc(C(=O)NC(C)c2cccnc2)c1. The van der Waals surface area contributed by atoms with E-state index in [-0.39, 0.29) is 11.9 Å². The number of pyridine rings is 2. The van der Waals surface area contributed by atoms with Gasteiger partial charge in [-0.2, -0.15) is 0 Å². The Hall–Kier alpha value is -2.43. The zero-order valence-electron chi connectivity index (χ0n) is 11.6. The van der Waals surface area contributed by atoms with Gasteiger partial charge in [0.15, 0.2) is 0 Å². The van der Waals surface area contributed by atoms with Crippen LogP contribution < -0.4 is 10.6 Å². The minimum absolute atomic E-state index is 0.110. The Bertz CT molecular complexity index is 571. The van der Waals surface area contributed by atoms with Crippen molar-refractivity contribution in [2.24, 2.45) is 0 Å². The number of aromatic nitrogens is 2. The van der Waals surface area contributed by atoms with Crippen molar-refractivity contribution in [1.29, 1.82) is 0 Å². The van der Waals surface area contributed by atoms with Crippen molar-refractivity contribution < 1.29 is 4.79 Å². The van der Waals surface area contributed by atoms with E-state index in [1.54, 1.807) is 24.7 Å². The van der Waals surface area contributed by atoms with Crippen molar-refractivity contribution in [3.8, 4) is 0 Å². The molecule has 2 aromatic heterocycles. The molecule has 2 heterocycles. The van der Waals surface area contributed by atoms with Gasteiger partial charge in [-0.05, 0) is 37.6 Å². The van der Waals surface area contributed by atoms with Gasteiger partial charge in [0, 0.05) is 30.8 Å². The highest BCUT2D eigenvalue weighted by Gasteiger charge is 2.12. The summed E-state index contributed by atoms with van der Waals surface area (Å²) in [6.45, 7) is 4.73. The molecule has 2 N–H and O–H groups in total. The molecule has 1 unspecified atom stereocenters. The van der Waals surface area contributed by atoms with Crippen LogP contribution >= 0.6 is 0 Å². The summed E-state index contributed by atoms with van der Waals surface area (Å²) in [5.74, 6) is -0.193. The van der Waals surface area contributed by atoms with Crippen LogP contribution in [0, 0.1) is 0 Å². The van der Waals surface area contributed by atoms with Crippen molar-refractivity contribution >= 4 is 11.6 Å². The summed E-state index contributed by atoms with van der Waals surface area (Å²) in [6, 6.07) is 7.25. The van der Waals surface area contributed by atoms with E-state index in [0.29, 0.717) is 5.69 Å². The van der Waals surface area contributed by atoms with Gasteiger partial charge in [0.2, 0.25) is 0 Å². The maximum absolute atomic E-state index is 12.2. The summed E-state index contributed by atoms with van der Waals surface area (Å²) in [5, 5.41) is 6.07. The highest BCUT2D eigenvalue weighted by Crippen LogP contribution is 2.12. The Labute approximate surface area is 118 Å². The summed E-state index contributed by atoms with van der Waals surface area (Å²) < 4.78 is 0. The molecule has 5 heteroatoms. The van der Waals surface area contributed by atoms with Gasteiger partial charge in [0.05, 0.1) is 6.04 Å². The van der Waals surface area contributed by atoms with Crippen molar-refractivity contribution in [1.82, 2.24) is 15.3 Å². The molecule has 20 heavy (non-hydrogen) atoms. The second kappa shape index (κ2) is 6.65. The zero-order chi connectivity index (χ0) is 14.4. The van der Waals surface area contributed by atoms with Gasteiger partial charge in [0.25, 0.3) is 5.91 Å². The number of nitrogens with zero attached hydrogens (tertiary/aromatic N) is 2. The van der Waals surface area contributed by atoms with E-state index in [4.69, 9.17) is 0 Å². The van der Waals surface area contributed by atoms with Gasteiger partial charge in [-0.3, -0.25) is 14.8 Å². The third-order valence-corrected chi connectivity index (χ3v) is 2.91. The molecule has 0 aliphatic carbocycles. The van der Waals surface area contributed by atoms with Gasteiger partial charge < -0.3 is 10.6 Å². The largest absolute Gasteiger partial charge is 0.385 e. The molecule has 5 nitrogen and oxygen atoms in total. The molecule has 0 aromatic carbocycles. The van der Waals surface area contributed by atoms with Gasteiger partial charge in [-0.25, -0.2) is 0 Å². The molecule has 104 valence electrons. The first-order valence-corrected chi connectivity index (χ1v) is 6.61. The van der Waals surface area contributed by atoms with Gasteiger partial charge in [-0.15, -0.1) is 0 Å². The molecular weight excluding hydrogens is 252 g/mol. The Morgan fingerprint density at radius 1 is 1.35 bits per heavy atom. The monoisotopic (exact) mass is 270 g/mol. The van der Waals surface area contributed by atoms with E-state index in [2.05, 4.69) is 20.6 Å². The van der Waals surface area contributed by atoms with Crippen LogP contribution in [0.1, 0.15) is 35.9 Å². The molecule has 2 aromatic rings. The van der Waals surface area contributed by atoms with E-state index in [1.165, 1.54) is 0 Å². The minimum Gasteiger partial charge on any atom is -0.385 e. The highest BCUT2D eigenvalue weighted by molar-refractivity contribution is 5.93. The maximum atomic E-state index is 12.2. The molecule has 0 spiro atoms. The summed E-state index contributed by atoms with van der Waals surface area (Å²) in [6.07, 6.45) is 5.08. The number of hydrogen-bond acceptors (Lipinski definition) is 4. The average molecular weight is 270 g/mol. The lowest BCUT2D eigenvalue weighted by molar-refractivity contribution is 0.0935. The molecular formula is C15H18N4O. The number of rotatable bonds is 5. The van der Waals surface area contributed by atoms with Gasteiger partial charge >= 0.3 is 0 Å². The summed E-state index contributed by atoms with van der Waals surface area (Å²) >= 11 is 0. The van der Waals surface area contributed by atoms with Crippen molar-refractivity contribution in [2.75, 3.05) is 11.9 Å². The minimum atomic E-state index is -0.193. The molecule has 0 bridgehead atoms. The van der Waals surface area contributed by atoms with Crippen molar-refractivity contribution in [2.45, 2.75) is 19.9 Å². The number of carbonyl (C=O) groups is 1. The number of amides is 1. The molecule has 0 saturated carbocycles. The summed E-state index contributed by atoms with van der Waals surface area (Å²) in [7, 11) is 0. The van der Waals surface area contributed by atoms with Crippen LogP contribution in [0.2, 0.25) is 0 Å². The van der Waals surface area contributed by atoms with Crippen LogP contribution in [0.4, 0.5) is 5.69 Å². The number of hydrogen-bond donors (Lipinski definition) is 2.